The van der Waals surface area contributed by atoms with Gasteiger partial charge in [0.05, 0.1) is 10.8 Å². The van der Waals surface area contributed by atoms with Crippen LogP contribution in [0.15, 0.2) is 52.0 Å². The zero-order valence-corrected chi connectivity index (χ0v) is 15.0. The molecule has 4 rings (SSSR count). The third-order valence-corrected chi connectivity index (χ3v) is 4.98. The summed E-state index contributed by atoms with van der Waals surface area (Å²) >= 11 is 13.5. The van der Waals surface area contributed by atoms with E-state index in [1.165, 1.54) is 16.4 Å². The van der Waals surface area contributed by atoms with E-state index in [2.05, 4.69) is 15.2 Å². The second kappa shape index (κ2) is 6.59. The van der Waals surface area contributed by atoms with E-state index in [0.717, 1.165) is 11.1 Å². The lowest BCUT2D eigenvalue weighted by molar-refractivity contribution is 0.556. The Morgan fingerprint density at radius 1 is 1.12 bits per heavy atom. The predicted molar refractivity (Wildman–Crippen MR) is 99.2 cm³/mol. The summed E-state index contributed by atoms with van der Waals surface area (Å²) < 4.78 is 7.08. The van der Waals surface area contributed by atoms with Gasteiger partial charge in [-0.1, -0.05) is 47.1 Å². The van der Waals surface area contributed by atoms with Crippen LogP contribution in [0.2, 0.25) is 10.0 Å². The molecule has 0 radical (unpaired) electrons. The molecule has 0 amide bonds. The number of para-hydroxylation sites is 2. The monoisotopic (exact) mass is 391 g/mol. The fourth-order valence-corrected chi connectivity index (χ4v) is 3.53. The van der Waals surface area contributed by atoms with E-state index in [1.807, 2.05) is 24.3 Å². The van der Waals surface area contributed by atoms with Gasteiger partial charge in [-0.05, 0) is 30.3 Å². The van der Waals surface area contributed by atoms with Crippen molar-refractivity contribution >= 4 is 46.1 Å². The maximum absolute atomic E-state index is 6.21. The first-order valence-electron chi connectivity index (χ1n) is 7.25. The van der Waals surface area contributed by atoms with Crippen molar-refractivity contribution in [2.75, 3.05) is 5.84 Å². The van der Waals surface area contributed by atoms with Crippen molar-refractivity contribution in [2.45, 2.75) is 10.9 Å². The molecule has 0 aliphatic heterocycles. The summed E-state index contributed by atoms with van der Waals surface area (Å²) in [6.45, 7) is 0. The summed E-state index contributed by atoms with van der Waals surface area (Å²) in [5.41, 5.74) is 2.23. The number of fused-ring (bicyclic) bond motifs is 1. The zero-order valence-electron chi connectivity index (χ0n) is 12.7. The number of benzene rings is 2. The van der Waals surface area contributed by atoms with Gasteiger partial charge in [0.15, 0.2) is 11.4 Å². The third-order valence-electron chi connectivity index (χ3n) is 3.50. The lowest BCUT2D eigenvalue weighted by Crippen LogP contribution is -2.11. The summed E-state index contributed by atoms with van der Waals surface area (Å²) in [5.74, 6) is 7.65. The quantitative estimate of drug-likeness (QED) is 0.410. The van der Waals surface area contributed by atoms with E-state index < -0.39 is 0 Å². The molecule has 0 bridgehead atoms. The zero-order chi connectivity index (χ0) is 17.4. The number of rotatable bonds is 4. The normalized spacial score (nSPS) is 11.3. The first kappa shape index (κ1) is 16.3. The van der Waals surface area contributed by atoms with Crippen molar-refractivity contribution in [1.82, 2.24) is 19.9 Å². The SMILES string of the molecule is Nn1c(SCc2nc3ccccc3o2)nnc1-c1ccc(Cl)cc1Cl. The Morgan fingerprint density at radius 3 is 2.76 bits per heavy atom. The van der Waals surface area contributed by atoms with Crippen LogP contribution < -0.4 is 5.84 Å². The average Bonchev–Trinajstić information content (AvgIpc) is 3.16. The van der Waals surface area contributed by atoms with Crippen LogP contribution in [0.25, 0.3) is 22.5 Å². The van der Waals surface area contributed by atoms with Crippen LogP contribution in [0.1, 0.15) is 5.89 Å². The molecule has 0 aliphatic rings. The van der Waals surface area contributed by atoms with E-state index in [4.69, 9.17) is 33.5 Å². The Hall–Kier alpha value is -2.22. The summed E-state index contributed by atoms with van der Waals surface area (Å²) in [6, 6.07) is 12.7. The third kappa shape index (κ3) is 3.18. The van der Waals surface area contributed by atoms with Crippen LogP contribution in [-0.2, 0) is 5.75 Å². The van der Waals surface area contributed by atoms with Crippen molar-refractivity contribution in [1.29, 1.82) is 0 Å². The molecule has 9 heteroatoms. The van der Waals surface area contributed by atoms with Crippen LogP contribution in [0.4, 0.5) is 0 Å². The Balaban J connectivity index is 1.56. The smallest absolute Gasteiger partial charge is 0.210 e. The Kier molecular flexibility index (Phi) is 4.29. The average molecular weight is 392 g/mol. The van der Waals surface area contributed by atoms with E-state index in [9.17, 15) is 0 Å². The van der Waals surface area contributed by atoms with Gasteiger partial charge in [0.2, 0.25) is 11.0 Å². The molecular weight excluding hydrogens is 381 g/mol. The summed E-state index contributed by atoms with van der Waals surface area (Å²) in [4.78, 5) is 4.42. The summed E-state index contributed by atoms with van der Waals surface area (Å²) in [7, 11) is 0. The van der Waals surface area contributed by atoms with Crippen molar-refractivity contribution in [3.63, 3.8) is 0 Å². The van der Waals surface area contributed by atoms with Gasteiger partial charge in [-0.3, -0.25) is 0 Å². The van der Waals surface area contributed by atoms with E-state index in [1.54, 1.807) is 18.2 Å². The van der Waals surface area contributed by atoms with Crippen LogP contribution >= 0.6 is 35.0 Å². The van der Waals surface area contributed by atoms with Crippen molar-refractivity contribution in [3.05, 3.63) is 58.4 Å². The summed E-state index contributed by atoms with van der Waals surface area (Å²) in [5, 5.41) is 9.77. The van der Waals surface area contributed by atoms with Gasteiger partial charge in [-0.25, -0.2) is 9.66 Å². The fourth-order valence-electron chi connectivity index (χ4n) is 2.34. The van der Waals surface area contributed by atoms with E-state index in [0.29, 0.717) is 38.2 Å². The van der Waals surface area contributed by atoms with Crippen molar-refractivity contribution < 1.29 is 4.42 Å². The Labute approximate surface area is 156 Å². The molecular formula is C16H11Cl2N5OS. The van der Waals surface area contributed by atoms with Gasteiger partial charge in [0, 0.05) is 10.6 Å². The number of hydrogen-bond acceptors (Lipinski definition) is 6. The van der Waals surface area contributed by atoms with Crippen molar-refractivity contribution in [2.24, 2.45) is 0 Å². The minimum absolute atomic E-state index is 0.460. The molecule has 0 saturated heterocycles. The predicted octanol–water partition coefficient (Wildman–Crippen LogP) is 4.40. The van der Waals surface area contributed by atoms with Gasteiger partial charge in [-0.15, -0.1) is 10.2 Å². The van der Waals surface area contributed by atoms with Gasteiger partial charge >= 0.3 is 0 Å². The molecule has 6 nitrogen and oxygen atoms in total. The van der Waals surface area contributed by atoms with Crippen LogP contribution in [0.5, 0.6) is 0 Å². The molecule has 126 valence electrons. The van der Waals surface area contributed by atoms with Crippen LogP contribution in [0, 0.1) is 0 Å². The molecule has 25 heavy (non-hydrogen) atoms. The highest BCUT2D eigenvalue weighted by atomic mass is 35.5. The van der Waals surface area contributed by atoms with Gasteiger partial charge in [-0.2, -0.15) is 0 Å². The minimum Gasteiger partial charge on any atom is -0.440 e. The Morgan fingerprint density at radius 2 is 1.96 bits per heavy atom. The topological polar surface area (TPSA) is 82.8 Å². The number of thioether (sulfide) groups is 1. The van der Waals surface area contributed by atoms with E-state index in [-0.39, 0.29) is 0 Å². The van der Waals surface area contributed by atoms with Gasteiger partial charge in [0.25, 0.3) is 0 Å². The van der Waals surface area contributed by atoms with Crippen LogP contribution in [0.3, 0.4) is 0 Å². The van der Waals surface area contributed by atoms with Gasteiger partial charge < -0.3 is 10.3 Å². The molecule has 2 heterocycles. The molecule has 2 N–H and O–H groups in total. The first-order chi connectivity index (χ1) is 12.1. The number of nitrogens with zero attached hydrogens (tertiary/aromatic N) is 4. The lowest BCUT2D eigenvalue weighted by atomic mass is 10.2. The van der Waals surface area contributed by atoms with Gasteiger partial charge in [0.1, 0.15) is 5.52 Å². The highest BCUT2D eigenvalue weighted by Crippen LogP contribution is 2.31. The molecule has 0 saturated carbocycles. The van der Waals surface area contributed by atoms with Crippen molar-refractivity contribution in [3.8, 4) is 11.4 Å². The molecule has 0 unspecified atom stereocenters. The number of aromatic nitrogens is 4. The van der Waals surface area contributed by atoms with Crippen LogP contribution in [-0.4, -0.2) is 19.9 Å². The molecule has 0 spiro atoms. The molecule has 0 aliphatic carbocycles. The number of halogens is 2. The maximum Gasteiger partial charge on any atom is 0.210 e. The minimum atomic E-state index is 0.460. The maximum atomic E-state index is 6.21. The molecule has 4 aromatic rings. The molecule has 2 aromatic carbocycles. The number of nitrogens with two attached hydrogens (primary N) is 1. The standard InChI is InChI=1S/C16H11Cl2N5OS/c17-9-5-6-10(11(18)7-9)15-21-22-16(23(15)19)25-8-14-20-12-3-1-2-4-13(12)24-14/h1-7H,8,19H2. The second-order valence-electron chi connectivity index (χ2n) is 5.16. The largest absolute Gasteiger partial charge is 0.440 e. The molecule has 0 fully saturated rings. The first-order valence-corrected chi connectivity index (χ1v) is 8.99. The number of nitrogen functional groups attached to an aromatic ring is 1. The molecule has 2 aromatic heterocycles. The Bertz CT molecular complexity index is 1030. The number of hydrogen-bond donors (Lipinski definition) is 1. The summed E-state index contributed by atoms with van der Waals surface area (Å²) in [6.07, 6.45) is 0. The lowest BCUT2D eigenvalue weighted by Gasteiger charge is -2.05. The highest BCUT2D eigenvalue weighted by molar-refractivity contribution is 7.98. The highest BCUT2D eigenvalue weighted by Gasteiger charge is 2.16. The number of oxazole rings is 1. The fraction of sp³-hybridized carbons (Fsp3) is 0.0625. The molecule has 0 atom stereocenters. The van der Waals surface area contributed by atoms with E-state index >= 15 is 0 Å². The second-order valence-corrected chi connectivity index (χ2v) is 6.95.